The van der Waals surface area contributed by atoms with Gasteiger partial charge in [-0.1, -0.05) is 39.8 Å². The van der Waals surface area contributed by atoms with Gasteiger partial charge in [0.15, 0.2) is 11.5 Å². The highest BCUT2D eigenvalue weighted by Crippen LogP contribution is 2.23. The second kappa shape index (κ2) is 7.50. The highest BCUT2D eigenvalue weighted by Gasteiger charge is 2.18. The van der Waals surface area contributed by atoms with Crippen LogP contribution in [0.5, 0.6) is 0 Å². The number of carbonyl (C=O) groups is 1. The number of piperidine rings is 1. The minimum atomic E-state index is -0.167. The average molecular weight is 392 g/mol. The lowest BCUT2D eigenvalue weighted by Gasteiger charge is -2.30. The number of nitrogens with one attached hydrogen (secondary N) is 1. The molecule has 3 aromatic rings. The van der Waals surface area contributed by atoms with Crippen molar-refractivity contribution in [1.29, 1.82) is 0 Å². The molecule has 1 amide bonds. The van der Waals surface area contributed by atoms with Gasteiger partial charge >= 0.3 is 0 Å². The fourth-order valence-electron chi connectivity index (χ4n) is 3.65. The number of nitrogens with zero attached hydrogens (tertiary/aromatic N) is 4. The zero-order valence-electron chi connectivity index (χ0n) is 17.6. The van der Waals surface area contributed by atoms with E-state index in [1.807, 2.05) is 36.4 Å². The van der Waals surface area contributed by atoms with Crippen LogP contribution in [0.4, 0.5) is 11.6 Å². The third-order valence-electron chi connectivity index (χ3n) is 5.67. The van der Waals surface area contributed by atoms with E-state index in [-0.39, 0.29) is 11.3 Å². The van der Waals surface area contributed by atoms with Crippen LogP contribution in [0.3, 0.4) is 0 Å². The Morgan fingerprint density at radius 1 is 1.07 bits per heavy atom. The Bertz CT molecular complexity index is 1010. The number of imidazole rings is 1. The first-order valence-electron chi connectivity index (χ1n) is 10.3. The average Bonchev–Trinajstić information content (AvgIpc) is 3.09. The molecule has 3 heterocycles. The van der Waals surface area contributed by atoms with Crippen LogP contribution in [-0.4, -0.2) is 33.6 Å². The van der Waals surface area contributed by atoms with Gasteiger partial charge in [-0.2, -0.15) is 0 Å². The molecule has 6 heteroatoms. The lowest BCUT2D eigenvalue weighted by Crippen LogP contribution is -2.33. The molecule has 1 N–H and O–H groups in total. The van der Waals surface area contributed by atoms with Crippen molar-refractivity contribution in [2.24, 2.45) is 5.92 Å². The molecule has 0 bridgehead atoms. The van der Waals surface area contributed by atoms with Crippen LogP contribution in [-0.2, 0) is 5.41 Å². The third-order valence-corrected chi connectivity index (χ3v) is 5.67. The monoisotopic (exact) mass is 391 g/mol. The molecular weight excluding hydrogens is 362 g/mol. The highest BCUT2D eigenvalue weighted by molar-refractivity contribution is 6.03. The number of carbonyl (C=O) groups excluding carboxylic acids is 1. The first kappa shape index (κ1) is 19.4. The molecule has 0 aliphatic carbocycles. The molecule has 0 radical (unpaired) electrons. The summed E-state index contributed by atoms with van der Waals surface area (Å²) in [5.74, 6) is 2.07. The van der Waals surface area contributed by atoms with Gasteiger partial charge in [0, 0.05) is 18.7 Å². The second-order valence-electron chi connectivity index (χ2n) is 9.07. The lowest BCUT2D eigenvalue weighted by atomic mass is 9.87. The molecule has 1 aliphatic rings. The van der Waals surface area contributed by atoms with Crippen molar-refractivity contribution in [3.63, 3.8) is 0 Å². The molecular formula is C23H29N5O. The quantitative estimate of drug-likeness (QED) is 0.713. The molecule has 6 nitrogen and oxygen atoms in total. The fourth-order valence-corrected chi connectivity index (χ4v) is 3.65. The summed E-state index contributed by atoms with van der Waals surface area (Å²) in [6, 6.07) is 11.7. The van der Waals surface area contributed by atoms with Gasteiger partial charge in [-0.05, 0) is 54.0 Å². The molecule has 4 rings (SSSR count). The van der Waals surface area contributed by atoms with E-state index >= 15 is 0 Å². The summed E-state index contributed by atoms with van der Waals surface area (Å²) in [6.45, 7) is 10.8. The number of anilines is 2. The summed E-state index contributed by atoms with van der Waals surface area (Å²) in [4.78, 5) is 19.4. The van der Waals surface area contributed by atoms with Gasteiger partial charge in [0.1, 0.15) is 5.82 Å². The maximum Gasteiger partial charge on any atom is 0.256 e. The van der Waals surface area contributed by atoms with Crippen molar-refractivity contribution in [3.8, 4) is 0 Å². The number of amides is 1. The molecule has 0 atom stereocenters. The summed E-state index contributed by atoms with van der Waals surface area (Å²) in [6.07, 6.45) is 4.16. The van der Waals surface area contributed by atoms with Crippen LogP contribution in [0.1, 0.15) is 56.5 Å². The molecule has 0 unspecified atom stereocenters. The molecule has 1 aromatic carbocycles. The summed E-state index contributed by atoms with van der Waals surface area (Å²) >= 11 is 0. The summed E-state index contributed by atoms with van der Waals surface area (Å²) < 4.78 is 1.74. The minimum Gasteiger partial charge on any atom is -0.355 e. The van der Waals surface area contributed by atoms with Crippen LogP contribution in [0.15, 0.2) is 42.6 Å². The van der Waals surface area contributed by atoms with E-state index in [9.17, 15) is 4.79 Å². The molecule has 0 saturated carbocycles. The van der Waals surface area contributed by atoms with Crippen molar-refractivity contribution in [2.75, 3.05) is 23.3 Å². The van der Waals surface area contributed by atoms with Gasteiger partial charge in [-0.15, -0.1) is 5.10 Å². The number of fused-ring (bicyclic) bond motifs is 1. The topological polar surface area (TPSA) is 62.5 Å². The van der Waals surface area contributed by atoms with E-state index < -0.39 is 0 Å². The molecule has 1 fully saturated rings. The van der Waals surface area contributed by atoms with Crippen molar-refractivity contribution in [3.05, 3.63) is 53.7 Å². The van der Waals surface area contributed by atoms with Crippen molar-refractivity contribution in [2.45, 2.75) is 46.0 Å². The lowest BCUT2D eigenvalue weighted by molar-refractivity contribution is 0.102. The number of rotatable bonds is 3. The first-order chi connectivity index (χ1) is 13.8. The Labute approximate surface area is 171 Å². The van der Waals surface area contributed by atoms with Gasteiger partial charge in [-0.3, -0.25) is 4.79 Å². The second-order valence-corrected chi connectivity index (χ2v) is 9.07. The molecule has 1 saturated heterocycles. The minimum absolute atomic E-state index is 0.0619. The van der Waals surface area contributed by atoms with E-state index in [2.05, 4.69) is 42.9 Å². The van der Waals surface area contributed by atoms with Gasteiger partial charge in [0.05, 0.1) is 6.20 Å². The Kier molecular flexibility index (Phi) is 5.03. The number of benzene rings is 1. The summed E-state index contributed by atoms with van der Waals surface area (Å²) in [7, 11) is 0. The smallest absolute Gasteiger partial charge is 0.256 e. The number of aromatic nitrogens is 3. The molecule has 0 spiro atoms. The Morgan fingerprint density at radius 3 is 2.41 bits per heavy atom. The van der Waals surface area contributed by atoms with Crippen LogP contribution in [0.2, 0.25) is 0 Å². The van der Waals surface area contributed by atoms with E-state index in [4.69, 9.17) is 5.10 Å². The maximum atomic E-state index is 12.6. The zero-order valence-corrected chi connectivity index (χ0v) is 17.6. The van der Waals surface area contributed by atoms with Crippen LogP contribution >= 0.6 is 0 Å². The van der Waals surface area contributed by atoms with Crippen LogP contribution in [0, 0.1) is 5.92 Å². The number of hydrogen-bond acceptors (Lipinski definition) is 4. The van der Waals surface area contributed by atoms with Gasteiger partial charge < -0.3 is 10.2 Å². The molecule has 1 aliphatic heterocycles. The standard InChI is InChI=1S/C23H29N5O/c1-16-11-13-27(14-12-16)21-10-9-20-24-19(15-28(20)26-21)25-22(29)17-5-7-18(8-6-17)23(2,3)4/h5-10,15-16H,11-14H2,1-4H3,(H,25,29). The highest BCUT2D eigenvalue weighted by atomic mass is 16.1. The zero-order chi connectivity index (χ0) is 20.6. The molecule has 2 aromatic heterocycles. The Balaban J connectivity index is 1.49. The largest absolute Gasteiger partial charge is 0.355 e. The fraction of sp³-hybridized carbons (Fsp3) is 0.435. The predicted octanol–water partition coefficient (Wildman–Crippen LogP) is 4.52. The van der Waals surface area contributed by atoms with Crippen LogP contribution < -0.4 is 10.2 Å². The maximum absolute atomic E-state index is 12.6. The molecule has 152 valence electrons. The van der Waals surface area contributed by atoms with Crippen LogP contribution in [0.25, 0.3) is 5.65 Å². The summed E-state index contributed by atoms with van der Waals surface area (Å²) in [5.41, 5.74) is 2.60. The Hall–Kier alpha value is -2.89. The van der Waals surface area contributed by atoms with Crippen molar-refractivity contribution >= 4 is 23.2 Å². The van der Waals surface area contributed by atoms with E-state index in [0.717, 1.165) is 30.5 Å². The first-order valence-corrected chi connectivity index (χ1v) is 10.3. The van der Waals surface area contributed by atoms with Crippen molar-refractivity contribution < 1.29 is 4.79 Å². The number of hydrogen-bond donors (Lipinski definition) is 1. The van der Waals surface area contributed by atoms with Gasteiger partial charge in [0.2, 0.25) is 0 Å². The predicted molar refractivity (Wildman–Crippen MR) is 117 cm³/mol. The van der Waals surface area contributed by atoms with Gasteiger partial charge in [0.25, 0.3) is 5.91 Å². The Morgan fingerprint density at radius 2 is 1.76 bits per heavy atom. The van der Waals surface area contributed by atoms with E-state index in [1.54, 1.807) is 10.7 Å². The van der Waals surface area contributed by atoms with Crippen molar-refractivity contribution in [1.82, 2.24) is 14.6 Å². The normalized spacial score (nSPS) is 15.7. The summed E-state index contributed by atoms with van der Waals surface area (Å²) in [5, 5.41) is 7.58. The third kappa shape index (κ3) is 4.26. The van der Waals surface area contributed by atoms with E-state index in [1.165, 1.54) is 18.4 Å². The molecule has 29 heavy (non-hydrogen) atoms. The SMILES string of the molecule is CC1CCN(c2ccc3nc(NC(=O)c4ccc(C(C)(C)C)cc4)cn3n2)CC1. The van der Waals surface area contributed by atoms with E-state index in [0.29, 0.717) is 11.4 Å². The van der Waals surface area contributed by atoms with Gasteiger partial charge in [-0.25, -0.2) is 9.50 Å².